The number of H-pyrrole nitrogens is 1. The first-order valence-electron chi connectivity index (χ1n) is 6.61. The predicted molar refractivity (Wildman–Crippen MR) is 82.5 cm³/mol. The van der Waals surface area contributed by atoms with Crippen LogP contribution in [0.15, 0.2) is 28.6 Å². The molecule has 5 heteroatoms. The number of methoxy groups -OCH3 is 2. The van der Waals surface area contributed by atoms with Crippen LogP contribution < -0.4 is 15.0 Å². The van der Waals surface area contributed by atoms with Gasteiger partial charge in [-0.05, 0) is 32.4 Å². The number of fused-ring (bicyclic) bond motifs is 1. The van der Waals surface area contributed by atoms with Gasteiger partial charge in [-0.3, -0.25) is 4.79 Å². The third-order valence-corrected chi connectivity index (χ3v) is 3.29. The Morgan fingerprint density at radius 2 is 1.90 bits per heavy atom. The summed E-state index contributed by atoms with van der Waals surface area (Å²) in [6.07, 6.45) is 2.45. The Morgan fingerprint density at radius 1 is 1.24 bits per heavy atom. The number of pyridine rings is 1. The molecule has 1 heterocycles. The number of allylic oxidation sites excluding steroid dienone is 2. The second-order valence-corrected chi connectivity index (χ2v) is 4.99. The van der Waals surface area contributed by atoms with Crippen molar-refractivity contribution in [1.29, 1.82) is 0 Å². The molecule has 2 N–H and O–H groups in total. The fourth-order valence-corrected chi connectivity index (χ4v) is 2.27. The molecule has 2 aromatic rings. The predicted octanol–water partition coefficient (Wildman–Crippen LogP) is 2.76. The molecule has 1 aromatic carbocycles. The standard InChI is InChI=1S/C16H19NO4/c1-9(2)5-6-11-14(20-3)10-7-8-12(18)15(21-4)13(10)17-16(11)19/h5,7-8,18H,6H2,1-4H3,(H,17,19). The number of rotatable bonds is 4. The first kappa shape index (κ1) is 15.0. The molecule has 0 unspecified atom stereocenters. The van der Waals surface area contributed by atoms with E-state index in [-0.39, 0.29) is 17.1 Å². The molecular weight excluding hydrogens is 270 g/mol. The lowest BCUT2D eigenvalue weighted by Gasteiger charge is -2.13. The minimum atomic E-state index is -0.249. The fraction of sp³-hybridized carbons (Fsp3) is 0.312. The number of hydrogen-bond acceptors (Lipinski definition) is 4. The zero-order chi connectivity index (χ0) is 15.6. The van der Waals surface area contributed by atoms with Gasteiger partial charge < -0.3 is 19.6 Å². The first-order valence-corrected chi connectivity index (χ1v) is 6.61. The molecule has 0 spiro atoms. The molecule has 0 aliphatic heterocycles. The average molecular weight is 289 g/mol. The van der Waals surface area contributed by atoms with E-state index in [0.29, 0.717) is 28.6 Å². The topological polar surface area (TPSA) is 71.6 Å². The maximum atomic E-state index is 12.3. The first-order chi connectivity index (χ1) is 9.99. The van der Waals surface area contributed by atoms with E-state index in [9.17, 15) is 9.90 Å². The molecule has 1 aromatic heterocycles. The molecule has 112 valence electrons. The molecule has 0 atom stereocenters. The van der Waals surface area contributed by atoms with Gasteiger partial charge in [0.2, 0.25) is 0 Å². The third kappa shape index (κ3) is 2.72. The average Bonchev–Trinajstić information content (AvgIpc) is 2.44. The highest BCUT2D eigenvalue weighted by atomic mass is 16.5. The van der Waals surface area contributed by atoms with Crippen LogP contribution in [0.2, 0.25) is 0 Å². The normalized spacial score (nSPS) is 10.5. The number of benzene rings is 1. The van der Waals surface area contributed by atoms with Gasteiger partial charge in [0.25, 0.3) is 5.56 Å². The summed E-state index contributed by atoms with van der Waals surface area (Å²) in [7, 11) is 2.97. The number of aromatic nitrogens is 1. The van der Waals surface area contributed by atoms with Crippen molar-refractivity contribution < 1.29 is 14.6 Å². The van der Waals surface area contributed by atoms with Gasteiger partial charge >= 0.3 is 0 Å². The Labute approximate surface area is 122 Å². The zero-order valence-corrected chi connectivity index (χ0v) is 12.6. The molecule has 0 aliphatic rings. The molecule has 0 amide bonds. The van der Waals surface area contributed by atoms with Crippen LogP contribution in [0.1, 0.15) is 19.4 Å². The van der Waals surface area contributed by atoms with Crippen LogP contribution in [0.3, 0.4) is 0 Å². The largest absolute Gasteiger partial charge is 0.504 e. The van der Waals surface area contributed by atoms with Gasteiger partial charge in [-0.15, -0.1) is 0 Å². The summed E-state index contributed by atoms with van der Waals surface area (Å²) in [6.45, 7) is 3.95. The molecule has 5 nitrogen and oxygen atoms in total. The highest BCUT2D eigenvalue weighted by Crippen LogP contribution is 2.37. The second-order valence-electron chi connectivity index (χ2n) is 4.99. The molecular formula is C16H19NO4. The van der Waals surface area contributed by atoms with Crippen LogP contribution >= 0.6 is 0 Å². The Hall–Kier alpha value is -2.43. The molecule has 0 saturated carbocycles. The lowest BCUT2D eigenvalue weighted by molar-refractivity contribution is 0.376. The van der Waals surface area contributed by atoms with E-state index < -0.39 is 0 Å². The van der Waals surface area contributed by atoms with Crippen molar-refractivity contribution in [2.75, 3.05) is 14.2 Å². The van der Waals surface area contributed by atoms with Gasteiger partial charge in [0.15, 0.2) is 11.5 Å². The van der Waals surface area contributed by atoms with Crippen molar-refractivity contribution in [2.45, 2.75) is 20.3 Å². The summed E-state index contributed by atoms with van der Waals surface area (Å²) in [5, 5.41) is 10.5. The van der Waals surface area contributed by atoms with Gasteiger partial charge in [0.05, 0.1) is 25.3 Å². The summed E-state index contributed by atoms with van der Waals surface area (Å²) in [4.78, 5) is 15.1. The number of hydrogen-bond donors (Lipinski definition) is 2. The van der Waals surface area contributed by atoms with Crippen molar-refractivity contribution in [3.8, 4) is 17.2 Å². The monoisotopic (exact) mass is 289 g/mol. The van der Waals surface area contributed by atoms with Crippen LogP contribution in [0, 0.1) is 0 Å². The molecule has 0 bridgehead atoms. The van der Waals surface area contributed by atoms with Crippen molar-refractivity contribution in [1.82, 2.24) is 4.98 Å². The van der Waals surface area contributed by atoms with E-state index in [4.69, 9.17) is 9.47 Å². The molecule has 2 rings (SSSR count). The lowest BCUT2D eigenvalue weighted by Crippen LogP contribution is -2.14. The van der Waals surface area contributed by atoms with Crippen LogP contribution in [-0.4, -0.2) is 24.3 Å². The highest BCUT2D eigenvalue weighted by molar-refractivity contribution is 5.92. The molecule has 0 saturated heterocycles. The summed E-state index contributed by atoms with van der Waals surface area (Å²) in [6, 6.07) is 3.22. The van der Waals surface area contributed by atoms with E-state index >= 15 is 0 Å². The fourth-order valence-electron chi connectivity index (χ4n) is 2.27. The Morgan fingerprint density at radius 3 is 2.48 bits per heavy atom. The SMILES string of the molecule is COc1c(CC=C(C)C)c(=O)[nH]c2c(OC)c(O)ccc12. The quantitative estimate of drug-likeness (QED) is 0.849. The Kier molecular flexibility index (Phi) is 4.21. The van der Waals surface area contributed by atoms with Gasteiger partial charge in [-0.25, -0.2) is 0 Å². The smallest absolute Gasteiger partial charge is 0.255 e. The molecule has 21 heavy (non-hydrogen) atoms. The maximum Gasteiger partial charge on any atom is 0.255 e. The van der Waals surface area contributed by atoms with Gasteiger partial charge in [-0.2, -0.15) is 0 Å². The second kappa shape index (κ2) is 5.91. The third-order valence-electron chi connectivity index (χ3n) is 3.29. The molecule has 0 fully saturated rings. The van der Waals surface area contributed by atoms with E-state index in [1.807, 2.05) is 19.9 Å². The van der Waals surface area contributed by atoms with Crippen LogP contribution in [0.4, 0.5) is 0 Å². The summed E-state index contributed by atoms with van der Waals surface area (Å²) >= 11 is 0. The number of aromatic amines is 1. The van der Waals surface area contributed by atoms with E-state index in [1.54, 1.807) is 6.07 Å². The lowest BCUT2D eigenvalue weighted by atomic mass is 10.1. The summed E-state index contributed by atoms with van der Waals surface area (Å²) in [5.41, 5.74) is 1.86. The molecule has 0 aliphatic carbocycles. The minimum absolute atomic E-state index is 0.0280. The van der Waals surface area contributed by atoms with E-state index in [0.717, 1.165) is 5.57 Å². The van der Waals surface area contributed by atoms with Gasteiger partial charge in [0, 0.05) is 5.39 Å². The minimum Gasteiger partial charge on any atom is -0.504 e. The molecule has 0 radical (unpaired) electrons. The van der Waals surface area contributed by atoms with Gasteiger partial charge in [0.1, 0.15) is 5.75 Å². The number of nitrogens with one attached hydrogen (secondary N) is 1. The zero-order valence-electron chi connectivity index (χ0n) is 12.6. The van der Waals surface area contributed by atoms with Crippen molar-refractivity contribution in [3.05, 3.63) is 39.7 Å². The maximum absolute atomic E-state index is 12.3. The summed E-state index contributed by atoms with van der Waals surface area (Å²) in [5.74, 6) is 0.709. The van der Waals surface area contributed by atoms with Crippen molar-refractivity contribution >= 4 is 10.9 Å². The number of ether oxygens (including phenoxy) is 2. The van der Waals surface area contributed by atoms with Crippen LogP contribution in [0.5, 0.6) is 17.2 Å². The number of phenols is 1. The van der Waals surface area contributed by atoms with E-state index in [2.05, 4.69) is 4.98 Å². The number of phenolic OH excluding ortho intramolecular Hbond substituents is 1. The van der Waals surface area contributed by atoms with Crippen molar-refractivity contribution in [3.63, 3.8) is 0 Å². The van der Waals surface area contributed by atoms with Crippen LogP contribution in [-0.2, 0) is 6.42 Å². The van der Waals surface area contributed by atoms with E-state index in [1.165, 1.54) is 20.3 Å². The number of aromatic hydroxyl groups is 1. The summed E-state index contributed by atoms with van der Waals surface area (Å²) < 4.78 is 10.6. The van der Waals surface area contributed by atoms with Gasteiger partial charge in [-0.1, -0.05) is 11.6 Å². The van der Waals surface area contributed by atoms with Crippen molar-refractivity contribution in [2.24, 2.45) is 0 Å². The Bertz CT molecular complexity index is 755. The highest BCUT2D eigenvalue weighted by Gasteiger charge is 2.17. The Balaban J connectivity index is 2.79. The van der Waals surface area contributed by atoms with Crippen LogP contribution in [0.25, 0.3) is 10.9 Å².